The van der Waals surface area contributed by atoms with Crippen molar-refractivity contribution < 1.29 is 4.79 Å². The quantitative estimate of drug-likeness (QED) is 0.596. The van der Waals surface area contributed by atoms with Crippen LogP contribution in [0.15, 0.2) is 0 Å². The summed E-state index contributed by atoms with van der Waals surface area (Å²) < 4.78 is 0. The highest BCUT2D eigenvalue weighted by Gasteiger charge is 2.05. The van der Waals surface area contributed by atoms with Gasteiger partial charge in [0.2, 0.25) is 5.91 Å². The zero-order valence-electron chi connectivity index (χ0n) is 4.56. The van der Waals surface area contributed by atoms with Crippen molar-refractivity contribution in [2.75, 3.05) is 0 Å². The minimum absolute atomic E-state index is 0. The van der Waals surface area contributed by atoms with Crippen molar-refractivity contribution in [3.8, 4) is 0 Å². The molecular weight excluding hydrogens is 149 g/mol. The molecule has 1 atom stereocenters. The van der Waals surface area contributed by atoms with Gasteiger partial charge in [-0.25, -0.2) is 0 Å². The molecule has 2 N–H and O–H groups in total. The average molecular weight is 158 g/mol. The van der Waals surface area contributed by atoms with Crippen LogP contribution in [0.5, 0.6) is 0 Å². The van der Waals surface area contributed by atoms with Gasteiger partial charge in [0.05, 0.1) is 0 Å². The van der Waals surface area contributed by atoms with Crippen molar-refractivity contribution in [3.63, 3.8) is 0 Å². The van der Waals surface area contributed by atoms with Gasteiger partial charge >= 0.3 is 0 Å². The summed E-state index contributed by atoms with van der Waals surface area (Å²) in [5.41, 5.74) is 4.78. The molecule has 0 aliphatic heterocycles. The Morgan fingerprint density at radius 2 is 2.25 bits per heavy atom. The number of nitrogens with two attached hydrogens (primary N) is 1. The Balaban J connectivity index is 0. The highest BCUT2D eigenvalue weighted by Crippen LogP contribution is 1.97. The van der Waals surface area contributed by atoms with Crippen LogP contribution in [-0.2, 0) is 4.79 Å². The molecule has 0 spiro atoms. The summed E-state index contributed by atoms with van der Waals surface area (Å²) in [6.45, 7) is 1.81. The number of amides is 1. The topological polar surface area (TPSA) is 43.1 Å². The maximum absolute atomic E-state index is 10.0. The van der Waals surface area contributed by atoms with Gasteiger partial charge in [0.1, 0.15) is 5.38 Å². The molecular formula is C4H9Cl2NO. The third kappa shape index (κ3) is 4.22. The Morgan fingerprint density at radius 3 is 2.25 bits per heavy atom. The molecule has 0 aromatic carbocycles. The SMILES string of the molecule is CCC(Cl)C(N)=O.Cl. The van der Waals surface area contributed by atoms with Crippen LogP contribution in [-0.4, -0.2) is 11.3 Å². The minimum Gasteiger partial charge on any atom is -0.368 e. The molecule has 0 fully saturated rings. The Labute approximate surface area is 59.8 Å². The summed E-state index contributed by atoms with van der Waals surface area (Å²) >= 11 is 5.33. The molecule has 0 aromatic heterocycles. The van der Waals surface area contributed by atoms with Gasteiger partial charge in [0.15, 0.2) is 0 Å². The summed E-state index contributed by atoms with van der Waals surface area (Å²) in [4.78, 5) is 10.0. The summed E-state index contributed by atoms with van der Waals surface area (Å²) in [6.07, 6.45) is 0.608. The minimum atomic E-state index is -0.486. The van der Waals surface area contributed by atoms with Gasteiger partial charge in [-0.2, -0.15) is 0 Å². The normalized spacial score (nSPS) is 11.8. The van der Waals surface area contributed by atoms with Crippen molar-refractivity contribution in [3.05, 3.63) is 0 Å². The van der Waals surface area contributed by atoms with E-state index in [0.29, 0.717) is 6.42 Å². The van der Waals surface area contributed by atoms with Gasteiger partial charge in [-0.3, -0.25) is 4.79 Å². The molecule has 50 valence electrons. The van der Waals surface area contributed by atoms with E-state index < -0.39 is 11.3 Å². The molecule has 0 aliphatic rings. The molecule has 1 unspecified atom stereocenters. The fourth-order valence-corrected chi connectivity index (χ4v) is 0.201. The van der Waals surface area contributed by atoms with E-state index in [1.54, 1.807) is 0 Å². The molecule has 0 aromatic rings. The Morgan fingerprint density at radius 1 is 1.88 bits per heavy atom. The molecule has 0 bridgehead atoms. The lowest BCUT2D eigenvalue weighted by atomic mass is 10.3. The largest absolute Gasteiger partial charge is 0.368 e. The zero-order chi connectivity index (χ0) is 5.86. The molecule has 8 heavy (non-hydrogen) atoms. The molecule has 0 saturated carbocycles. The molecule has 0 saturated heterocycles. The Kier molecular flexibility index (Phi) is 7.09. The summed E-state index contributed by atoms with van der Waals surface area (Å²) in [6, 6.07) is 0. The van der Waals surface area contributed by atoms with Gasteiger partial charge in [0.25, 0.3) is 0 Å². The van der Waals surface area contributed by atoms with Crippen LogP contribution in [0.4, 0.5) is 0 Å². The van der Waals surface area contributed by atoms with Crippen LogP contribution in [0.1, 0.15) is 13.3 Å². The van der Waals surface area contributed by atoms with Gasteiger partial charge in [0, 0.05) is 0 Å². The van der Waals surface area contributed by atoms with Crippen LogP contribution in [0.2, 0.25) is 0 Å². The lowest BCUT2D eigenvalue weighted by Gasteiger charge is -1.95. The number of primary amides is 1. The van der Waals surface area contributed by atoms with E-state index in [9.17, 15) is 4.79 Å². The molecule has 2 nitrogen and oxygen atoms in total. The zero-order valence-corrected chi connectivity index (χ0v) is 6.13. The molecule has 0 aliphatic carbocycles. The number of hydrogen-bond donors (Lipinski definition) is 1. The highest BCUT2D eigenvalue weighted by atomic mass is 35.5. The summed E-state index contributed by atoms with van der Waals surface area (Å²) in [5.74, 6) is -0.441. The number of halogens is 2. The van der Waals surface area contributed by atoms with Crippen molar-refractivity contribution in [2.24, 2.45) is 5.73 Å². The molecule has 0 rings (SSSR count). The predicted octanol–water partition coefficient (Wildman–Crippen LogP) is 0.911. The third-order valence-electron chi connectivity index (χ3n) is 0.667. The maximum atomic E-state index is 10.0. The first-order chi connectivity index (χ1) is 3.18. The van der Waals surface area contributed by atoms with Crippen LogP contribution < -0.4 is 5.73 Å². The van der Waals surface area contributed by atoms with Crippen LogP contribution in [0, 0.1) is 0 Å². The van der Waals surface area contributed by atoms with Crippen LogP contribution in [0.25, 0.3) is 0 Å². The van der Waals surface area contributed by atoms with Gasteiger partial charge in [-0.15, -0.1) is 24.0 Å². The molecule has 0 heterocycles. The number of rotatable bonds is 2. The summed E-state index contributed by atoms with van der Waals surface area (Å²) in [5, 5.41) is -0.486. The number of alkyl halides is 1. The number of hydrogen-bond acceptors (Lipinski definition) is 1. The van der Waals surface area contributed by atoms with Crippen LogP contribution in [0.3, 0.4) is 0 Å². The van der Waals surface area contributed by atoms with E-state index in [4.69, 9.17) is 17.3 Å². The highest BCUT2D eigenvalue weighted by molar-refractivity contribution is 6.30. The second kappa shape index (κ2) is 5.19. The first kappa shape index (κ1) is 10.9. The maximum Gasteiger partial charge on any atom is 0.235 e. The average Bonchev–Trinajstić information content (AvgIpc) is 1.65. The van der Waals surface area contributed by atoms with Gasteiger partial charge in [-0.05, 0) is 6.42 Å². The van der Waals surface area contributed by atoms with Crippen molar-refractivity contribution in [1.29, 1.82) is 0 Å². The van der Waals surface area contributed by atoms with E-state index in [2.05, 4.69) is 0 Å². The lowest BCUT2D eigenvalue weighted by molar-refractivity contribution is -0.117. The molecule has 4 heteroatoms. The van der Waals surface area contributed by atoms with E-state index in [-0.39, 0.29) is 12.4 Å². The second-order valence-corrected chi connectivity index (χ2v) is 1.80. The first-order valence-electron chi connectivity index (χ1n) is 2.12. The fourth-order valence-electron chi connectivity index (χ4n) is 0.201. The monoisotopic (exact) mass is 157 g/mol. The van der Waals surface area contributed by atoms with Crippen molar-refractivity contribution in [2.45, 2.75) is 18.7 Å². The number of carbonyl (C=O) groups excluding carboxylic acids is 1. The second-order valence-electron chi connectivity index (χ2n) is 1.28. The summed E-state index contributed by atoms with van der Waals surface area (Å²) in [7, 11) is 0. The molecule has 0 radical (unpaired) electrons. The first-order valence-corrected chi connectivity index (χ1v) is 2.55. The fraction of sp³-hybridized carbons (Fsp3) is 0.750. The number of carbonyl (C=O) groups is 1. The van der Waals surface area contributed by atoms with Crippen molar-refractivity contribution >= 4 is 29.9 Å². The predicted molar refractivity (Wildman–Crippen MR) is 36.4 cm³/mol. The van der Waals surface area contributed by atoms with Crippen molar-refractivity contribution in [1.82, 2.24) is 0 Å². The van der Waals surface area contributed by atoms with Gasteiger partial charge < -0.3 is 5.73 Å². The van der Waals surface area contributed by atoms with Gasteiger partial charge in [-0.1, -0.05) is 6.92 Å². The smallest absolute Gasteiger partial charge is 0.235 e. The van der Waals surface area contributed by atoms with E-state index in [1.165, 1.54) is 0 Å². The van der Waals surface area contributed by atoms with E-state index in [0.717, 1.165) is 0 Å². The van der Waals surface area contributed by atoms with Crippen LogP contribution >= 0.6 is 24.0 Å². The molecule has 1 amide bonds. The lowest BCUT2D eigenvalue weighted by Crippen LogP contribution is -2.22. The van der Waals surface area contributed by atoms with E-state index in [1.807, 2.05) is 6.92 Å². The Bertz CT molecular complexity index is 76.4. The Hall–Kier alpha value is 0.0500. The standard InChI is InChI=1S/C4H8ClNO.ClH/c1-2-3(5)4(6)7;/h3H,2H2,1H3,(H2,6,7);1H. The van der Waals surface area contributed by atoms with E-state index >= 15 is 0 Å². The third-order valence-corrected chi connectivity index (χ3v) is 1.19.